The summed E-state index contributed by atoms with van der Waals surface area (Å²) in [5, 5.41) is 1.18. The Morgan fingerprint density at radius 2 is 2.14 bits per heavy atom. The Kier molecular flexibility index (Phi) is 2.12. The van der Waals surface area contributed by atoms with Crippen molar-refractivity contribution >= 4 is 16.7 Å². The van der Waals surface area contributed by atoms with E-state index in [4.69, 9.17) is 5.73 Å². The summed E-state index contributed by atoms with van der Waals surface area (Å²) in [7, 11) is 0. The summed E-state index contributed by atoms with van der Waals surface area (Å²) >= 11 is 0. The molecule has 0 unspecified atom stereocenters. The van der Waals surface area contributed by atoms with Crippen LogP contribution in [0.15, 0.2) is 24.3 Å². The highest BCUT2D eigenvalue weighted by atomic mass is 14.8. The van der Waals surface area contributed by atoms with Gasteiger partial charge in [-0.15, -0.1) is 0 Å². The van der Waals surface area contributed by atoms with Crippen LogP contribution >= 0.6 is 0 Å². The van der Waals surface area contributed by atoms with Gasteiger partial charge in [-0.1, -0.05) is 25.1 Å². The van der Waals surface area contributed by atoms with Crippen molar-refractivity contribution < 1.29 is 0 Å². The van der Waals surface area contributed by atoms with Crippen LogP contribution in [0.3, 0.4) is 0 Å². The van der Waals surface area contributed by atoms with Gasteiger partial charge in [0.2, 0.25) is 0 Å². The van der Waals surface area contributed by atoms with E-state index in [-0.39, 0.29) is 0 Å². The van der Waals surface area contributed by atoms with Gasteiger partial charge in [-0.3, -0.25) is 0 Å². The third-order valence-electron chi connectivity index (χ3n) is 2.54. The van der Waals surface area contributed by atoms with Crippen LogP contribution in [0.1, 0.15) is 18.1 Å². The minimum absolute atomic E-state index is 0.661. The van der Waals surface area contributed by atoms with Crippen molar-refractivity contribution in [3.8, 4) is 0 Å². The number of hydrogen-bond donors (Lipinski definition) is 1. The zero-order valence-electron chi connectivity index (χ0n) is 8.54. The van der Waals surface area contributed by atoms with Crippen LogP contribution < -0.4 is 5.73 Å². The molecule has 2 rings (SSSR count). The first-order valence-corrected chi connectivity index (χ1v) is 4.87. The minimum atomic E-state index is 0.661. The molecule has 0 aliphatic rings. The van der Waals surface area contributed by atoms with Crippen LogP contribution in [0.4, 0.5) is 5.82 Å². The standard InChI is InChI=1S/C12H14N2/c1-3-9-7-10-6-4-5-8(2)11(10)14-12(9)13/h4-7H,3H2,1-2H3,(H2,13,14). The van der Waals surface area contributed by atoms with Gasteiger partial charge in [-0.05, 0) is 30.5 Å². The molecule has 2 aromatic rings. The number of aryl methyl sites for hydroxylation is 2. The number of hydrogen-bond acceptors (Lipinski definition) is 2. The molecule has 0 fully saturated rings. The average Bonchev–Trinajstić information content (AvgIpc) is 2.19. The summed E-state index contributed by atoms with van der Waals surface area (Å²) in [6, 6.07) is 8.31. The number of aromatic nitrogens is 1. The fourth-order valence-corrected chi connectivity index (χ4v) is 1.69. The number of para-hydroxylation sites is 1. The van der Waals surface area contributed by atoms with Crippen molar-refractivity contribution in [2.75, 3.05) is 5.73 Å². The van der Waals surface area contributed by atoms with Crippen LogP contribution in [0, 0.1) is 6.92 Å². The number of nitrogens with zero attached hydrogens (tertiary/aromatic N) is 1. The van der Waals surface area contributed by atoms with E-state index in [0.717, 1.165) is 17.5 Å². The molecular weight excluding hydrogens is 172 g/mol. The summed E-state index contributed by atoms with van der Waals surface area (Å²) in [6.45, 7) is 4.15. The molecule has 1 aromatic carbocycles. The lowest BCUT2D eigenvalue weighted by Crippen LogP contribution is -1.97. The number of pyridine rings is 1. The van der Waals surface area contributed by atoms with E-state index in [9.17, 15) is 0 Å². The fraction of sp³-hybridized carbons (Fsp3) is 0.250. The maximum atomic E-state index is 5.85. The van der Waals surface area contributed by atoms with Gasteiger partial charge in [0.15, 0.2) is 0 Å². The third-order valence-corrected chi connectivity index (χ3v) is 2.54. The summed E-state index contributed by atoms with van der Waals surface area (Å²) in [6.07, 6.45) is 0.933. The molecule has 0 amide bonds. The second-order valence-electron chi connectivity index (χ2n) is 3.53. The first kappa shape index (κ1) is 9.00. The van der Waals surface area contributed by atoms with E-state index in [1.807, 2.05) is 0 Å². The molecule has 14 heavy (non-hydrogen) atoms. The Balaban J connectivity index is 2.79. The molecule has 0 saturated heterocycles. The van der Waals surface area contributed by atoms with Crippen molar-refractivity contribution in [3.05, 3.63) is 35.4 Å². The Labute approximate surface area is 83.8 Å². The molecule has 0 radical (unpaired) electrons. The maximum Gasteiger partial charge on any atom is 0.127 e. The molecule has 0 aliphatic heterocycles. The second-order valence-corrected chi connectivity index (χ2v) is 3.53. The number of benzene rings is 1. The number of nitrogen functional groups attached to an aromatic ring is 1. The van der Waals surface area contributed by atoms with Crippen LogP contribution in [-0.2, 0) is 6.42 Å². The summed E-state index contributed by atoms with van der Waals surface area (Å²) in [4.78, 5) is 4.42. The summed E-state index contributed by atoms with van der Waals surface area (Å²) < 4.78 is 0. The number of nitrogens with two attached hydrogens (primary N) is 1. The Morgan fingerprint density at radius 3 is 2.86 bits per heavy atom. The van der Waals surface area contributed by atoms with E-state index in [1.165, 1.54) is 10.9 Å². The lowest BCUT2D eigenvalue weighted by atomic mass is 10.1. The topological polar surface area (TPSA) is 38.9 Å². The van der Waals surface area contributed by atoms with E-state index in [2.05, 4.69) is 43.1 Å². The number of fused-ring (bicyclic) bond motifs is 1. The SMILES string of the molecule is CCc1cc2cccc(C)c2nc1N. The molecule has 0 bridgehead atoms. The van der Waals surface area contributed by atoms with Crippen molar-refractivity contribution in [2.45, 2.75) is 20.3 Å². The van der Waals surface area contributed by atoms with Gasteiger partial charge in [-0.25, -0.2) is 4.98 Å². The summed E-state index contributed by atoms with van der Waals surface area (Å²) in [5.41, 5.74) is 9.18. The van der Waals surface area contributed by atoms with Gasteiger partial charge in [0, 0.05) is 5.39 Å². The molecule has 0 atom stereocenters. The minimum Gasteiger partial charge on any atom is -0.383 e. The van der Waals surface area contributed by atoms with Gasteiger partial charge in [-0.2, -0.15) is 0 Å². The molecule has 72 valence electrons. The lowest BCUT2D eigenvalue weighted by Gasteiger charge is -2.06. The van der Waals surface area contributed by atoms with Crippen LogP contribution in [-0.4, -0.2) is 4.98 Å². The zero-order chi connectivity index (χ0) is 10.1. The van der Waals surface area contributed by atoms with Gasteiger partial charge in [0.1, 0.15) is 5.82 Å². The van der Waals surface area contributed by atoms with E-state index in [1.54, 1.807) is 0 Å². The van der Waals surface area contributed by atoms with Crippen LogP contribution in [0.25, 0.3) is 10.9 Å². The van der Waals surface area contributed by atoms with Crippen molar-refractivity contribution in [2.24, 2.45) is 0 Å². The van der Waals surface area contributed by atoms with Gasteiger partial charge in [0.25, 0.3) is 0 Å². The second kappa shape index (κ2) is 3.29. The predicted molar refractivity (Wildman–Crippen MR) is 60.3 cm³/mol. The average molecular weight is 186 g/mol. The lowest BCUT2D eigenvalue weighted by molar-refractivity contribution is 1.13. The molecule has 2 heteroatoms. The highest BCUT2D eigenvalue weighted by Crippen LogP contribution is 2.21. The molecule has 0 aliphatic carbocycles. The largest absolute Gasteiger partial charge is 0.383 e. The quantitative estimate of drug-likeness (QED) is 0.743. The molecule has 1 heterocycles. The van der Waals surface area contributed by atoms with Crippen LogP contribution in [0.2, 0.25) is 0 Å². The first-order chi connectivity index (χ1) is 6.72. The van der Waals surface area contributed by atoms with Gasteiger partial charge in [0.05, 0.1) is 5.52 Å². The highest BCUT2D eigenvalue weighted by molar-refractivity contribution is 5.84. The zero-order valence-corrected chi connectivity index (χ0v) is 8.54. The van der Waals surface area contributed by atoms with E-state index < -0.39 is 0 Å². The van der Waals surface area contributed by atoms with Gasteiger partial charge >= 0.3 is 0 Å². The molecule has 0 saturated carbocycles. The molecule has 2 N–H and O–H groups in total. The van der Waals surface area contributed by atoms with Crippen molar-refractivity contribution in [3.63, 3.8) is 0 Å². The molecular formula is C12H14N2. The van der Waals surface area contributed by atoms with Crippen molar-refractivity contribution in [1.29, 1.82) is 0 Å². The summed E-state index contributed by atoms with van der Waals surface area (Å²) in [5.74, 6) is 0.661. The third kappa shape index (κ3) is 1.33. The number of rotatable bonds is 1. The fourth-order valence-electron chi connectivity index (χ4n) is 1.69. The maximum absolute atomic E-state index is 5.85. The number of anilines is 1. The first-order valence-electron chi connectivity index (χ1n) is 4.87. The predicted octanol–water partition coefficient (Wildman–Crippen LogP) is 2.69. The monoisotopic (exact) mass is 186 g/mol. The van der Waals surface area contributed by atoms with Crippen molar-refractivity contribution in [1.82, 2.24) is 4.98 Å². The Bertz CT molecular complexity index is 475. The Hall–Kier alpha value is -1.57. The Morgan fingerprint density at radius 1 is 1.36 bits per heavy atom. The normalized spacial score (nSPS) is 10.7. The molecule has 1 aromatic heterocycles. The molecule has 2 nitrogen and oxygen atoms in total. The van der Waals surface area contributed by atoms with E-state index >= 15 is 0 Å². The highest BCUT2D eigenvalue weighted by Gasteiger charge is 2.03. The smallest absolute Gasteiger partial charge is 0.127 e. The van der Waals surface area contributed by atoms with E-state index in [0.29, 0.717) is 5.82 Å². The molecule has 0 spiro atoms. The van der Waals surface area contributed by atoms with Crippen LogP contribution in [0.5, 0.6) is 0 Å². The van der Waals surface area contributed by atoms with Gasteiger partial charge < -0.3 is 5.73 Å².